The van der Waals surface area contributed by atoms with E-state index in [0.29, 0.717) is 18.1 Å². The van der Waals surface area contributed by atoms with Crippen LogP contribution in [-0.4, -0.2) is 12.6 Å². The first-order valence-electron chi connectivity index (χ1n) is 6.86. The number of unbranched alkanes of at least 4 members (excludes halogenated alkanes) is 1. The van der Waals surface area contributed by atoms with Crippen molar-refractivity contribution >= 4 is 5.97 Å². The maximum absolute atomic E-state index is 11.6. The molecule has 0 aromatic heterocycles. The van der Waals surface area contributed by atoms with Gasteiger partial charge in [-0.05, 0) is 17.8 Å². The third-order valence-corrected chi connectivity index (χ3v) is 3.13. The molecule has 0 aromatic carbocycles. The van der Waals surface area contributed by atoms with Crippen LogP contribution in [0.2, 0.25) is 0 Å². The molecule has 0 rings (SSSR count). The summed E-state index contributed by atoms with van der Waals surface area (Å²) in [6.45, 7) is 14.3. The summed E-state index contributed by atoms with van der Waals surface area (Å²) in [5, 5.41) is 0. The highest BCUT2D eigenvalue weighted by molar-refractivity contribution is 5.88. The third-order valence-electron chi connectivity index (χ3n) is 3.13. The molecule has 0 N–H and O–H groups in total. The van der Waals surface area contributed by atoms with E-state index in [1.807, 2.05) is 20.8 Å². The second-order valence-corrected chi connectivity index (χ2v) is 5.80. The van der Waals surface area contributed by atoms with Crippen molar-refractivity contribution in [1.82, 2.24) is 0 Å². The lowest BCUT2D eigenvalue weighted by atomic mass is 9.88. The number of carbonyl (C=O) groups excluding carboxylic acids is 1. The van der Waals surface area contributed by atoms with Gasteiger partial charge < -0.3 is 0 Å². The van der Waals surface area contributed by atoms with Crippen LogP contribution in [0.1, 0.15) is 60.3 Å². The second kappa shape index (κ2) is 8.30. The molecule has 3 nitrogen and oxygen atoms in total. The topological polar surface area (TPSA) is 35.5 Å². The SMILES string of the molecule is C=C(C(=O)OOCC(CC)CCCC)C(C)(C)C. The molecule has 0 saturated carbocycles. The van der Waals surface area contributed by atoms with E-state index in [0.717, 1.165) is 12.8 Å². The van der Waals surface area contributed by atoms with Gasteiger partial charge in [0.15, 0.2) is 0 Å². The lowest BCUT2D eigenvalue weighted by Gasteiger charge is -2.20. The molecule has 0 spiro atoms. The summed E-state index contributed by atoms with van der Waals surface area (Å²) in [7, 11) is 0. The van der Waals surface area contributed by atoms with Crippen LogP contribution < -0.4 is 0 Å². The van der Waals surface area contributed by atoms with E-state index in [-0.39, 0.29) is 5.41 Å². The lowest BCUT2D eigenvalue weighted by Crippen LogP contribution is -2.20. The van der Waals surface area contributed by atoms with E-state index in [4.69, 9.17) is 9.78 Å². The van der Waals surface area contributed by atoms with Crippen molar-refractivity contribution in [2.75, 3.05) is 6.61 Å². The fourth-order valence-corrected chi connectivity index (χ4v) is 1.44. The zero-order chi connectivity index (χ0) is 14.2. The minimum absolute atomic E-state index is 0.285. The first-order chi connectivity index (χ1) is 8.32. The van der Waals surface area contributed by atoms with E-state index in [1.165, 1.54) is 12.8 Å². The first kappa shape index (κ1) is 17.2. The van der Waals surface area contributed by atoms with Gasteiger partial charge in [-0.3, -0.25) is 4.89 Å². The van der Waals surface area contributed by atoms with E-state index in [2.05, 4.69) is 20.4 Å². The number of hydrogen-bond acceptors (Lipinski definition) is 3. The van der Waals surface area contributed by atoms with Gasteiger partial charge in [0.25, 0.3) is 0 Å². The molecule has 3 heteroatoms. The highest BCUT2D eigenvalue weighted by Gasteiger charge is 2.23. The Morgan fingerprint density at radius 2 is 1.89 bits per heavy atom. The van der Waals surface area contributed by atoms with Crippen molar-refractivity contribution in [1.29, 1.82) is 0 Å². The van der Waals surface area contributed by atoms with Gasteiger partial charge in [0, 0.05) is 5.57 Å². The second-order valence-electron chi connectivity index (χ2n) is 5.80. The molecule has 0 bridgehead atoms. The fraction of sp³-hybridized carbons (Fsp3) is 0.800. The van der Waals surface area contributed by atoms with E-state index >= 15 is 0 Å². The largest absolute Gasteiger partial charge is 0.369 e. The van der Waals surface area contributed by atoms with Crippen LogP contribution in [0.25, 0.3) is 0 Å². The Morgan fingerprint density at radius 3 is 2.33 bits per heavy atom. The van der Waals surface area contributed by atoms with Gasteiger partial charge in [-0.15, -0.1) is 0 Å². The monoisotopic (exact) mass is 256 g/mol. The van der Waals surface area contributed by atoms with Crippen molar-refractivity contribution in [3.05, 3.63) is 12.2 Å². The molecule has 0 aliphatic rings. The van der Waals surface area contributed by atoms with Gasteiger partial charge in [0.1, 0.15) is 0 Å². The third kappa shape index (κ3) is 6.80. The molecule has 0 saturated heterocycles. The molecule has 18 heavy (non-hydrogen) atoms. The Labute approximate surface area is 111 Å². The number of carbonyl (C=O) groups is 1. The number of rotatable bonds is 8. The van der Waals surface area contributed by atoms with Gasteiger partial charge in [-0.1, -0.05) is 60.5 Å². The van der Waals surface area contributed by atoms with Gasteiger partial charge in [0.2, 0.25) is 0 Å². The van der Waals surface area contributed by atoms with Crippen molar-refractivity contribution in [2.24, 2.45) is 11.3 Å². The summed E-state index contributed by atoms with van der Waals surface area (Å²) in [6.07, 6.45) is 4.52. The van der Waals surface area contributed by atoms with Crippen LogP contribution in [-0.2, 0) is 14.6 Å². The van der Waals surface area contributed by atoms with Crippen molar-refractivity contribution in [3.63, 3.8) is 0 Å². The van der Waals surface area contributed by atoms with Crippen LogP contribution in [0.5, 0.6) is 0 Å². The normalized spacial score (nSPS) is 13.2. The molecule has 0 aliphatic carbocycles. The summed E-state index contributed by atoms with van der Waals surface area (Å²) in [6, 6.07) is 0. The fourth-order valence-electron chi connectivity index (χ4n) is 1.44. The molecule has 1 unspecified atom stereocenters. The average Bonchev–Trinajstić information content (AvgIpc) is 2.31. The molecule has 0 heterocycles. The minimum Gasteiger partial charge on any atom is -0.293 e. The molecular formula is C15H28O3. The first-order valence-corrected chi connectivity index (χ1v) is 6.86. The van der Waals surface area contributed by atoms with Gasteiger partial charge in [-0.25, -0.2) is 4.79 Å². The van der Waals surface area contributed by atoms with Gasteiger partial charge in [0.05, 0.1) is 6.61 Å². The van der Waals surface area contributed by atoms with Gasteiger partial charge >= 0.3 is 5.97 Å². The Bertz CT molecular complexity index is 263. The summed E-state index contributed by atoms with van der Waals surface area (Å²) in [5.74, 6) is -0.00602. The molecule has 1 atom stereocenters. The standard InChI is InChI=1S/C15H28O3/c1-7-9-10-13(8-2)11-17-18-14(16)12(3)15(4,5)6/h13H,3,7-11H2,1-2,4-6H3. The molecular weight excluding hydrogens is 228 g/mol. The summed E-state index contributed by atoms with van der Waals surface area (Å²) >= 11 is 0. The van der Waals surface area contributed by atoms with E-state index in [9.17, 15) is 4.79 Å². The zero-order valence-corrected chi connectivity index (χ0v) is 12.5. The Hall–Kier alpha value is -0.830. The molecule has 0 fully saturated rings. The Balaban J connectivity index is 3.96. The quantitative estimate of drug-likeness (QED) is 0.369. The molecule has 106 valence electrons. The maximum atomic E-state index is 11.6. The Morgan fingerprint density at radius 1 is 1.28 bits per heavy atom. The van der Waals surface area contributed by atoms with Crippen LogP contribution in [0.3, 0.4) is 0 Å². The van der Waals surface area contributed by atoms with Crippen LogP contribution in [0.4, 0.5) is 0 Å². The zero-order valence-electron chi connectivity index (χ0n) is 12.5. The maximum Gasteiger partial charge on any atom is 0.369 e. The van der Waals surface area contributed by atoms with Crippen LogP contribution in [0.15, 0.2) is 12.2 Å². The highest BCUT2D eigenvalue weighted by atomic mass is 17.2. The van der Waals surface area contributed by atoms with Crippen LogP contribution in [0, 0.1) is 11.3 Å². The van der Waals surface area contributed by atoms with Crippen molar-refractivity contribution in [3.8, 4) is 0 Å². The molecule has 0 radical (unpaired) electrons. The predicted molar refractivity (Wildman–Crippen MR) is 73.9 cm³/mol. The summed E-state index contributed by atoms with van der Waals surface area (Å²) < 4.78 is 0. The summed E-state index contributed by atoms with van der Waals surface area (Å²) in [4.78, 5) is 21.5. The predicted octanol–water partition coefficient (Wildman–Crippen LogP) is 4.28. The van der Waals surface area contributed by atoms with Crippen molar-refractivity contribution < 1.29 is 14.6 Å². The number of hydrogen-bond donors (Lipinski definition) is 0. The van der Waals surface area contributed by atoms with Crippen LogP contribution >= 0.6 is 0 Å². The Kier molecular flexibility index (Phi) is 7.92. The summed E-state index contributed by atoms with van der Waals surface area (Å²) in [5.41, 5.74) is 0.149. The van der Waals surface area contributed by atoms with Crippen molar-refractivity contribution in [2.45, 2.75) is 60.3 Å². The van der Waals surface area contributed by atoms with E-state index in [1.54, 1.807) is 0 Å². The highest BCUT2D eigenvalue weighted by Crippen LogP contribution is 2.24. The molecule has 0 aliphatic heterocycles. The smallest absolute Gasteiger partial charge is 0.293 e. The lowest BCUT2D eigenvalue weighted by molar-refractivity contribution is -0.275. The van der Waals surface area contributed by atoms with E-state index < -0.39 is 5.97 Å². The minimum atomic E-state index is -0.465. The average molecular weight is 256 g/mol. The van der Waals surface area contributed by atoms with Gasteiger partial charge in [-0.2, -0.15) is 4.89 Å². The molecule has 0 aromatic rings. The molecule has 0 amide bonds.